The quantitative estimate of drug-likeness (QED) is 0.00897. The summed E-state index contributed by atoms with van der Waals surface area (Å²) >= 11 is 0. The number of ether oxygens (including phenoxy) is 1. The Balaban J connectivity index is 1.40. The fourth-order valence-electron chi connectivity index (χ4n) is 8.91. The van der Waals surface area contributed by atoms with E-state index in [0.29, 0.717) is 137 Å². The number of carboxylic acids is 1. The molecule has 0 aliphatic heterocycles. The standard InChI is InChI=1S/C49H69N5O14S3/c1-37-35-39(48(58)51-24-12-29-54(5,30-16-34-71(65,66)67)28-11-23-50-44(55)21-10-22-45(56)57)36-38(2)47(37)68-49(59)46-40-17-6-8-19-42(40)52(43-20-9-7-18-41(43)46)25-13-31-69(60,61)32-14-26-53(3,4)27-15-33-70(62,63)64/h6-9,17-20,35-36H,10-16,21-34H2,1-5H3,(H2-3,50,51,55,56,57,58,62,63,64,65,66,67)/p+3. The number of hydrogen-bond donors (Lipinski definition) is 5. The Labute approximate surface area is 418 Å². The number of carboxylic acid groups (broad SMARTS) is 1. The van der Waals surface area contributed by atoms with Crippen LogP contribution in [0.15, 0.2) is 60.7 Å². The Morgan fingerprint density at radius 2 is 1.10 bits per heavy atom. The second-order valence-electron chi connectivity index (χ2n) is 19.3. The number of aliphatic carboxylic acids is 1. The summed E-state index contributed by atoms with van der Waals surface area (Å²) in [6.45, 7) is 7.05. The van der Waals surface area contributed by atoms with Crippen molar-refractivity contribution in [3.63, 3.8) is 0 Å². The first-order valence-corrected chi connectivity index (χ1v) is 28.9. The van der Waals surface area contributed by atoms with Crippen LogP contribution in [0.3, 0.4) is 0 Å². The minimum Gasteiger partial charge on any atom is -0.481 e. The Bertz CT molecular complexity index is 2790. The van der Waals surface area contributed by atoms with Crippen molar-refractivity contribution in [3.8, 4) is 5.75 Å². The topological polar surface area (TPSA) is 269 Å². The summed E-state index contributed by atoms with van der Waals surface area (Å²) in [7, 11) is -5.91. The number of carbonyl (C=O) groups excluding carboxylic acids is 3. The van der Waals surface area contributed by atoms with Crippen molar-refractivity contribution >= 4 is 75.6 Å². The summed E-state index contributed by atoms with van der Waals surface area (Å²) < 4.78 is 98.8. The molecule has 22 heteroatoms. The molecule has 0 bridgehead atoms. The summed E-state index contributed by atoms with van der Waals surface area (Å²) in [6.07, 6.45) is 2.52. The van der Waals surface area contributed by atoms with Crippen molar-refractivity contribution in [1.82, 2.24) is 10.6 Å². The monoisotopic (exact) mass is 1050 g/mol. The van der Waals surface area contributed by atoms with Crippen molar-refractivity contribution in [1.29, 1.82) is 0 Å². The molecule has 1 aromatic heterocycles. The average Bonchev–Trinajstić information content (AvgIpc) is 3.26. The Kier molecular flexibility index (Phi) is 21.4. The van der Waals surface area contributed by atoms with Crippen LogP contribution in [-0.4, -0.2) is 162 Å². The molecule has 0 spiro atoms. The van der Waals surface area contributed by atoms with Gasteiger partial charge in [-0.05, 0) is 55.7 Å². The van der Waals surface area contributed by atoms with E-state index in [1.165, 1.54) is 0 Å². The summed E-state index contributed by atoms with van der Waals surface area (Å²) in [5, 5.41) is 15.8. The Hall–Kier alpha value is -5.10. The first kappa shape index (κ1) is 58.5. The number of hydrogen-bond acceptors (Lipinski definition) is 11. The predicted octanol–water partition coefficient (Wildman–Crippen LogP) is 4.27. The van der Waals surface area contributed by atoms with Gasteiger partial charge in [-0.1, -0.05) is 24.3 Å². The summed E-state index contributed by atoms with van der Waals surface area (Å²) in [6, 6.07) is 18.0. The zero-order valence-electron chi connectivity index (χ0n) is 41.5. The van der Waals surface area contributed by atoms with E-state index in [1.54, 1.807) is 26.0 Å². The van der Waals surface area contributed by atoms with Gasteiger partial charge in [0.25, 0.3) is 26.1 Å². The van der Waals surface area contributed by atoms with Crippen LogP contribution in [-0.2, 0) is 46.2 Å². The van der Waals surface area contributed by atoms with Gasteiger partial charge in [0.05, 0.1) is 93.2 Å². The van der Waals surface area contributed by atoms with Crippen LogP contribution in [0, 0.1) is 13.8 Å². The smallest absolute Gasteiger partial charge is 0.345 e. The van der Waals surface area contributed by atoms with E-state index in [4.69, 9.17) is 14.4 Å². The van der Waals surface area contributed by atoms with Crippen LogP contribution in [0.4, 0.5) is 0 Å². The van der Waals surface area contributed by atoms with Crippen LogP contribution in [0.1, 0.15) is 89.6 Å². The van der Waals surface area contributed by atoms with E-state index < -0.39 is 47.8 Å². The van der Waals surface area contributed by atoms with Gasteiger partial charge in [0, 0.05) is 82.2 Å². The predicted molar refractivity (Wildman–Crippen MR) is 271 cm³/mol. The minimum absolute atomic E-state index is 0.0208. The summed E-state index contributed by atoms with van der Waals surface area (Å²) in [5.74, 6) is -2.67. The van der Waals surface area contributed by atoms with Gasteiger partial charge in [0.1, 0.15) is 5.75 Å². The Morgan fingerprint density at radius 1 is 0.620 bits per heavy atom. The molecule has 0 saturated heterocycles. The average molecular weight is 1050 g/mol. The number of amides is 2. The highest BCUT2D eigenvalue weighted by atomic mass is 32.2. The number of sulfone groups is 1. The van der Waals surface area contributed by atoms with Gasteiger partial charge >= 0.3 is 11.9 Å². The first-order chi connectivity index (χ1) is 33.2. The molecule has 0 aliphatic rings. The lowest BCUT2D eigenvalue weighted by Crippen LogP contribution is -2.48. The lowest BCUT2D eigenvalue weighted by Gasteiger charge is -2.35. The van der Waals surface area contributed by atoms with Gasteiger partial charge in [-0.25, -0.2) is 13.2 Å². The number of esters is 1. The van der Waals surface area contributed by atoms with E-state index in [9.17, 15) is 49.0 Å². The third kappa shape index (κ3) is 19.8. The zero-order valence-corrected chi connectivity index (χ0v) is 44.0. The number of quaternary nitrogens is 2. The number of aryl methyl sites for hydroxylation is 3. The van der Waals surface area contributed by atoms with Crippen molar-refractivity contribution in [3.05, 3.63) is 82.9 Å². The zero-order chi connectivity index (χ0) is 52.6. The molecule has 2 amide bonds. The van der Waals surface area contributed by atoms with Gasteiger partial charge < -0.3 is 29.4 Å². The number of para-hydroxylation sites is 2. The van der Waals surface area contributed by atoms with Gasteiger partial charge in [-0.3, -0.25) is 23.5 Å². The molecule has 1 atom stereocenters. The maximum atomic E-state index is 14.3. The molecule has 71 heavy (non-hydrogen) atoms. The molecule has 0 fully saturated rings. The highest BCUT2D eigenvalue weighted by Gasteiger charge is 2.28. The molecule has 0 aliphatic carbocycles. The third-order valence-electron chi connectivity index (χ3n) is 12.5. The van der Waals surface area contributed by atoms with Crippen LogP contribution < -0.4 is 19.9 Å². The highest BCUT2D eigenvalue weighted by Crippen LogP contribution is 2.30. The number of benzene rings is 3. The van der Waals surface area contributed by atoms with E-state index in [1.807, 2.05) is 74.2 Å². The molecule has 3 aromatic carbocycles. The molecule has 4 rings (SSSR count). The fraction of sp³-hybridized carbons (Fsp3) is 0.531. The second-order valence-corrected chi connectivity index (χ2v) is 24.7. The number of nitrogens with one attached hydrogen (secondary N) is 2. The van der Waals surface area contributed by atoms with Gasteiger partial charge in [-0.2, -0.15) is 21.4 Å². The van der Waals surface area contributed by atoms with Crippen LogP contribution in [0.2, 0.25) is 0 Å². The van der Waals surface area contributed by atoms with E-state index in [0.717, 1.165) is 0 Å². The summed E-state index contributed by atoms with van der Waals surface area (Å²) in [4.78, 5) is 50.6. The SMILES string of the molecule is Cc1cc(C(=O)NCCC[N+](C)(CCCNC(=O)CCCC(=O)O)CCCS(=O)(=O)O)cc(C)c1OC(=O)c1c2ccccc2[n+](CCCS(=O)(=O)CCC[N+](C)(C)CCCS(=O)(=O)O)c2ccccc12. The molecular formula is C49H72N5O14S3+3. The van der Waals surface area contributed by atoms with Crippen molar-refractivity contribution in [2.75, 3.05) is 90.0 Å². The fourth-order valence-corrected chi connectivity index (χ4v) is 11.2. The van der Waals surface area contributed by atoms with Gasteiger partial charge in [-0.15, -0.1) is 0 Å². The van der Waals surface area contributed by atoms with E-state index in [-0.39, 0.29) is 61.2 Å². The molecule has 392 valence electrons. The second kappa shape index (κ2) is 26.0. The van der Waals surface area contributed by atoms with E-state index >= 15 is 0 Å². The molecule has 0 radical (unpaired) electrons. The highest BCUT2D eigenvalue weighted by molar-refractivity contribution is 7.91. The maximum absolute atomic E-state index is 14.3. The molecule has 5 N–H and O–H groups in total. The number of rotatable bonds is 31. The number of fused-ring (bicyclic) bond motifs is 2. The number of aromatic nitrogens is 1. The molecule has 19 nitrogen and oxygen atoms in total. The minimum atomic E-state index is -4.15. The number of carbonyl (C=O) groups is 4. The summed E-state index contributed by atoms with van der Waals surface area (Å²) in [5.41, 5.74) is 3.24. The van der Waals surface area contributed by atoms with Crippen LogP contribution in [0.5, 0.6) is 5.75 Å². The van der Waals surface area contributed by atoms with Gasteiger partial charge in [0.2, 0.25) is 16.9 Å². The normalized spacial score (nSPS) is 13.2. The van der Waals surface area contributed by atoms with E-state index in [2.05, 4.69) is 10.6 Å². The van der Waals surface area contributed by atoms with Crippen molar-refractivity contribution < 1.29 is 76.9 Å². The molecular weight excluding hydrogens is 979 g/mol. The molecule has 0 saturated carbocycles. The number of pyridine rings is 1. The van der Waals surface area contributed by atoms with Crippen LogP contribution in [0.25, 0.3) is 21.8 Å². The first-order valence-electron chi connectivity index (χ1n) is 23.9. The van der Waals surface area contributed by atoms with Crippen molar-refractivity contribution in [2.24, 2.45) is 0 Å². The lowest BCUT2D eigenvalue weighted by molar-refractivity contribution is -0.909. The van der Waals surface area contributed by atoms with Gasteiger partial charge in [0.15, 0.2) is 16.4 Å². The molecule has 4 aromatic rings. The van der Waals surface area contributed by atoms with Crippen molar-refractivity contribution in [2.45, 2.75) is 78.2 Å². The van der Waals surface area contributed by atoms with Crippen LogP contribution >= 0.6 is 0 Å². The third-order valence-corrected chi connectivity index (χ3v) is 16.0. The lowest BCUT2D eigenvalue weighted by atomic mass is 10.0. The maximum Gasteiger partial charge on any atom is 0.345 e. The molecule has 1 unspecified atom stereocenters. The largest absolute Gasteiger partial charge is 0.481 e. The Morgan fingerprint density at radius 3 is 1.63 bits per heavy atom. The number of nitrogens with zero attached hydrogens (tertiary/aromatic N) is 3. The molecule has 1 heterocycles.